The molecular formula is C8H11NaO4. The molecule has 0 fully saturated rings. The number of allylic oxidation sites excluding steroid dienone is 1. The maximum absolute atomic E-state index is 10.9. The van der Waals surface area contributed by atoms with Gasteiger partial charge < -0.3 is 9.84 Å². The van der Waals surface area contributed by atoms with E-state index >= 15 is 0 Å². The van der Waals surface area contributed by atoms with Crippen molar-refractivity contribution in [3.05, 3.63) is 11.3 Å². The van der Waals surface area contributed by atoms with E-state index in [2.05, 4.69) is 4.74 Å². The number of carbonyl (C=O) groups excluding carboxylic acids is 2. The van der Waals surface area contributed by atoms with Gasteiger partial charge in [-0.1, -0.05) is 5.76 Å². The summed E-state index contributed by atoms with van der Waals surface area (Å²) in [7, 11) is 0. The van der Waals surface area contributed by atoms with Gasteiger partial charge in [0.25, 0.3) is 0 Å². The number of Topliss-reactive ketones (excluding diaryl/α,β-unsaturated/α-hetero) is 1. The van der Waals surface area contributed by atoms with Crippen LogP contribution in [-0.2, 0) is 14.3 Å². The summed E-state index contributed by atoms with van der Waals surface area (Å²) in [6.07, 6.45) is 0. The summed E-state index contributed by atoms with van der Waals surface area (Å²) in [4.78, 5) is 21.4. The Balaban J connectivity index is 0. The Bertz CT molecular complexity index is 232. The average Bonchev–Trinajstić information content (AvgIpc) is 2.02. The molecule has 0 radical (unpaired) electrons. The largest absolute Gasteiger partial charge is 1.00 e. The normalized spacial score (nSPS) is 11.0. The smallest absolute Gasteiger partial charge is 0.870 e. The fraction of sp³-hybridized carbons (Fsp3) is 0.500. The van der Waals surface area contributed by atoms with Crippen LogP contribution in [0, 0.1) is 0 Å². The van der Waals surface area contributed by atoms with E-state index in [9.17, 15) is 14.7 Å². The molecule has 0 aromatic rings. The third-order valence-electron chi connectivity index (χ3n) is 1.24. The molecule has 0 spiro atoms. The Hall–Kier alpha value is -0.320. The first-order chi connectivity index (χ1) is 5.50. The van der Waals surface area contributed by atoms with E-state index in [0.717, 1.165) is 6.92 Å². The van der Waals surface area contributed by atoms with Crippen molar-refractivity contribution in [3.8, 4) is 0 Å². The zero-order chi connectivity index (χ0) is 9.72. The number of ether oxygens (including phenoxy) is 1. The van der Waals surface area contributed by atoms with Gasteiger partial charge in [0.15, 0.2) is 0 Å². The molecule has 0 aliphatic rings. The molecule has 0 aromatic heterocycles. The summed E-state index contributed by atoms with van der Waals surface area (Å²) in [6.45, 7) is 4.22. The van der Waals surface area contributed by atoms with Crippen LogP contribution in [0.2, 0.25) is 0 Å². The van der Waals surface area contributed by atoms with Crippen molar-refractivity contribution in [3.63, 3.8) is 0 Å². The molecule has 0 amide bonds. The molecule has 0 atom stereocenters. The molecule has 0 unspecified atom stereocenters. The minimum atomic E-state index is -0.784. The van der Waals surface area contributed by atoms with Crippen LogP contribution in [-0.4, -0.2) is 18.4 Å². The molecule has 5 heteroatoms. The predicted octanol–water partition coefficient (Wildman–Crippen LogP) is -3.22. The second-order valence-electron chi connectivity index (χ2n) is 2.23. The first kappa shape index (κ1) is 15.2. The fourth-order valence-corrected chi connectivity index (χ4v) is 0.596. The zero-order valence-corrected chi connectivity index (χ0v) is 10.3. The Labute approximate surface area is 99.2 Å². The van der Waals surface area contributed by atoms with Crippen molar-refractivity contribution in [1.29, 1.82) is 0 Å². The molecule has 0 aliphatic heterocycles. The van der Waals surface area contributed by atoms with E-state index in [-0.39, 0.29) is 41.7 Å². The maximum Gasteiger partial charge on any atom is 1.00 e. The minimum Gasteiger partial charge on any atom is -0.870 e. The Morgan fingerprint density at radius 1 is 1.31 bits per heavy atom. The molecule has 0 saturated heterocycles. The number of hydrogen-bond donors (Lipinski definition) is 0. The van der Waals surface area contributed by atoms with Crippen LogP contribution in [0.4, 0.5) is 0 Å². The quantitative estimate of drug-likeness (QED) is 0.205. The van der Waals surface area contributed by atoms with E-state index in [1.54, 1.807) is 6.92 Å². The first-order valence-electron chi connectivity index (χ1n) is 3.56. The maximum atomic E-state index is 10.9. The summed E-state index contributed by atoms with van der Waals surface area (Å²) in [5, 5.41) is 10.9. The zero-order valence-electron chi connectivity index (χ0n) is 8.34. The van der Waals surface area contributed by atoms with Crippen molar-refractivity contribution in [1.82, 2.24) is 0 Å². The van der Waals surface area contributed by atoms with Gasteiger partial charge in [0.2, 0.25) is 0 Å². The predicted molar refractivity (Wildman–Crippen MR) is 40.0 cm³/mol. The standard InChI is InChI=1S/C8H12O4.Na/c1-4-12-8(11)5(2)7(10)6(3)9;/h10H,4H2,1-3H3;/q;+1/p-1/b7-5-;. The van der Waals surface area contributed by atoms with Gasteiger partial charge in [0, 0.05) is 5.57 Å². The van der Waals surface area contributed by atoms with Crippen molar-refractivity contribution >= 4 is 11.8 Å². The van der Waals surface area contributed by atoms with Crippen LogP contribution in [0.3, 0.4) is 0 Å². The van der Waals surface area contributed by atoms with E-state index in [1.165, 1.54) is 6.92 Å². The van der Waals surface area contributed by atoms with Gasteiger partial charge in [-0.3, -0.25) is 4.79 Å². The molecule has 0 bridgehead atoms. The first-order valence-corrected chi connectivity index (χ1v) is 3.56. The second kappa shape index (κ2) is 7.12. The molecule has 0 N–H and O–H groups in total. The number of carbonyl (C=O) groups is 2. The van der Waals surface area contributed by atoms with Crippen molar-refractivity contribution < 1.29 is 49.0 Å². The molecule has 4 nitrogen and oxygen atoms in total. The van der Waals surface area contributed by atoms with Gasteiger partial charge in [-0.15, -0.1) is 0 Å². The fourth-order valence-electron chi connectivity index (χ4n) is 0.596. The molecule has 0 rings (SSSR count). The monoisotopic (exact) mass is 194 g/mol. The van der Waals surface area contributed by atoms with Gasteiger partial charge >= 0.3 is 35.5 Å². The summed E-state index contributed by atoms with van der Waals surface area (Å²) >= 11 is 0. The van der Waals surface area contributed by atoms with E-state index in [4.69, 9.17) is 0 Å². The van der Waals surface area contributed by atoms with Crippen LogP contribution >= 0.6 is 0 Å². The Morgan fingerprint density at radius 3 is 2.08 bits per heavy atom. The summed E-state index contributed by atoms with van der Waals surface area (Å²) in [5.41, 5.74) is -0.163. The Morgan fingerprint density at radius 2 is 1.77 bits per heavy atom. The van der Waals surface area contributed by atoms with Crippen LogP contribution in [0.15, 0.2) is 11.3 Å². The van der Waals surface area contributed by atoms with Crippen molar-refractivity contribution in [2.45, 2.75) is 20.8 Å². The molecule has 0 aromatic carbocycles. The SMILES string of the molecule is CCOC(=O)/C(C)=C(\[O-])C(C)=O.[Na+]. The third kappa shape index (κ3) is 5.08. The van der Waals surface area contributed by atoms with Crippen LogP contribution in [0.5, 0.6) is 0 Å². The van der Waals surface area contributed by atoms with Crippen LogP contribution < -0.4 is 34.7 Å². The van der Waals surface area contributed by atoms with Gasteiger partial charge in [-0.2, -0.15) is 0 Å². The van der Waals surface area contributed by atoms with E-state index in [0.29, 0.717) is 0 Å². The van der Waals surface area contributed by atoms with Crippen molar-refractivity contribution in [2.24, 2.45) is 0 Å². The molecular weight excluding hydrogens is 183 g/mol. The summed E-state index contributed by atoms with van der Waals surface area (Å²) in [5.74, 6) is -2.16. The average molecular weight is 194 g/mol. The number of hydrogen-bond acceptors (Lipinski definition) is 4. The molecule has 68 valence electrons. The van der Waals surface area contributed by atoms with E-state index < -0.39 is 17.5 Å². The number of rotatable bonds is 3. The molecule has 0 heterocycles. The molecule has 13 heavy (non-hydrogen) atoms. The number of esters is 1. The van der Waals surface area contributed by atoms with Gasteiger partial charge in [0.05, 0.1) is 6.61 Å². The third-order valence-corrected chi connectivity index (χ3v) is 1.24. The van der Waals surface area contributed by atoms with Crippen LogP contribution in [0.1, 0.15) is 20.8 Å². The van der Waals surface area contributed by atoms with Crippen LogP contribution in [0.25, 0.3) is 0 Å². The molecule has 0 aliphatic carbocycles. The molecule has 0 saturated carbocycles. The topological polar surface area (TPSA) is 66.4 Å². The van der Waals surface area contributed by atoms with E-state index in [1.807, 2.05) is 0 Å². The van der Waals surface area contributed by atoms with Gasteiger partial charge in [-0.25, -0.2) is 4.79 Å². The Kier molecular flexibility index (Phi) is 8.30. The van der Waals surface area contributed by atoms with Gasteiger partial charge in [0.1, 0.15) is 5.78 Å². The second-order valence-corrected chi connectivity index (χ2v) is 2.23. The minimum absolute atomic E-state index is 0. The van der Waals surface area contributed by atoms with Crippen molar-refractivity contribution in [2.75, 3.05) is 6.61 Å². The van der Waals surface area contributed by atoms with Gasteiger partial charge in [-0.05, 0) is 20.8 Å². The number of ketones is 1. The summed E-state index contributed by atoms with van der Waals surface area (Å²) in [6, 6.07) is 0. The summed E-state index contributed by atoms with van der Waals surface area (Å²) < 4.78 is 4.53.